The second-order valence-electron chi connectivity index (χ2n) is 4.05. The summed E-state index contributed by atoms with van der Waals surface area (Å²) in [4.78, 5) is 12.3. The van der Waals surface area contributed by atoms with Crippen molar-refractivity contribution < 1.29 is 8.42 Å². The van der Waals surface area contributed by atoms with Crippen molar-refractivity contribution in [3.63, 3.8) is 0 Å². The molecule has 0 spiro atoms. The van der Waals surface area contributed by atoms with Gasteiger partial charge in [-0.1, -0.05) is 6.92 Å². The van der Waals surface area contributed by atoms with Crippen LogP contribution in [-0.4, -0.2) is 13.0 Å². The number of thiophene rings is 1. The van der Waals surface area contributed by atoms with Gasteiger partial charge in [0.05, 0.1) is 5.69 Å². The summed E-state index contributed by atoms with van der Waals surface area (Å²) in [7, 11) is -2.01. The fourth-order valence-corrected chi connectivity index (χ4v) is 3.89. The summed E-state index contributed by atoms with van der Waals surface area (Å²) in [6.45, 7) is 1.97. The number of sulfonamides is 1. The molecule has 0 aliphatic rings. The Kier molecular flexibility index (Phi) is 3.77. The minimum atomic E-state index is -3.58. The predicted molar refractivity (Wildman–Crippen MR) is 76.2 cm³/mol. The predicted octanol–water partition coefficient (Wildman–Crippen LogP) is 1.81. The largest absolute Gasteiger partial charge is 0.316 e. The Labute approximate surface area is 115 Å². The van der Waals surface area contributed by atoms with E-state index in [0.717, 1.165) is 11.3 Å². The maximum Gasteiger partial charge on any atom is 0.271 e. The number of nitrogens with zero attached hydrogens (tertiary/aromatic N) is 1. The van der Waals surface area contributed by atoms with Crippen molar-refractivity contribution in [2.75, 3.05) is 4.72 Å². The molecule has 102 valence electrons. The van der Waals surface area contributed by atoms with Gasteiger partial charge in [0.15, 0.2) is 0 Å². The lowest BCUT2D eigenvalue weighted by molar-refractivity contribution is 0.603. The number of pyridine rings is 1. The first kappa shape index (κ1) is 13.8. The van der Waals surface area contributed by atoms with Gasteiger partial charge in [-0.15, -0.1) is 11.3 Å². The minimum absolute atomic E-state index is 0.188. The molecule has 5 nitrogen and oxygen atoms in total. The first-order valence-corrected chi connectivity index (χ1v) is 8.00. The van der Waals surface area contributed by atoms with E-state index in [4.69, 9.17) is 0 Å². The summed E-state index contributed by atoms with van der Waals surface area (Å²) < 4.78 is 28.3. The van der Waals surface area contributed by atoms with Crippen molar-refractivity contribution in [1.82, 2.24) is 4.57 Å². The van der Waals surface area contributed by atoms with E-state index in [1.54, 1.807) is 19.2 Å². The fourth-order valence-electron chi connectivity index (χ4n) is 1.55. The summed E-state index contributed by atoms with van der Waals surface area (Å²) >= 11 is 1.25. The van der Waals surface area contributed by atoms with Gasteiger partial charge in [-0.3, -0.25) is 9.52 Å². The third-order valence-electron chi connectivity index (χ3n) is 2.59. The van der Waals surface area contributed by atoms with Crippen molar-refractivity contribution in [2.24, 2.45) is 7.05 Å². The van der Waals surface area contributed by atoms with Gasteiger partial charge in [0.25, 0.3) is 10.0 Å². The number of aryl methyl sites for hydroxylation is 2. The monoisotopic (exact) mass is 298 g/mol. The maximum absolute atomic E-state index is 12.1. The van der Waals surface area contributed by atoms with Crippen molar-refractivity contribution in [3.05, 3.63) is 45.7 Å². The first-order valence-electron chi connectivity index (χ1n) is 5.70. The standard InChI is InChI=1S/C12H14N2O3S2/c1-3-10-5-7-12(18-10)19(16,17)13-9-4-6-11(15)14(2)8-9/h4-8,13H,3H2,1-2H3. The van der Waals surface area contributed by atoms with Gasteiger partial charge < -0.3 is 4.57 Å². The summed E-state index contributed by atoms with van der Waals surface area (Å²) in [5, 5.41) is 0. The highest BCUT2D eigenvalue weighted by atomic mass is 32.2. The summed E-state index contributed by atoms with van der Waals surface area (Å²) in [6.07, 6.45) is 2.26. The Morgan fingerprint density at radius 3 is 2.58 bits per heavy atom. The number of aromatic nitrogens is 1. The second kappa shape index (κ2) is 5.18. The van der Waals surface area contributed by atoms with Gasteiger partial charge in [-0.25, -0.2) is 8.42 Å². The van der Waals surface area contributed by atoms with Crippen molar-refractivity contribution in [3.8, 4) is 0 Å². The van der Waals surface area contributed by atoms with Crippen LogP contribution in [0.1, 0.15) is 11.8 Å². The molecule has 0 fully saturated rings. The maximum atomic E-state index is 12.1. The molecule has 2 aromatic heterocycles. The van der Waals surface area contributed by atoms with Crippen LogP contribution < -0.4 is 10.3 Å². The van der Waals surface area contributed by atoms with E-state index in [1.807, 2.05) is 6.92 Å². The normalized spacial score (nSPS) is 11.5. The molecule has 0 saturated carbocycles. The number of anilines is 1. The molecule has 0 aliphatic heterocycles. The number of rotatable bonds is 4. The van der Waals surface area contributed by atoms with Crippen LogP contribution in [0.5, 0.6) is 0 Å². The quantitative estimate of drug-likeness (QED) is 0.936. The summed E-state index contributed by atoms with van der Waals surface area (Å²) in [5.41, 5.74) is 0.181. The van der Waals surface area contributed by atoms with Crippen LogP contribution in [0.3, 0.4) is 0 Å². The van der Waals surface area contributed by atoms with Crippen molar-refractivity contribution in [2.45, 2.75) is 17.6 Å². The Bertz CT molecular complexity index is 744. The zero-order valence-electron chi connectivity index (χ0n) is 10.6. The third-order valence-corrected chi connectivity index (χ3v) is 5.69. The van der Waals surface area contributed by atoms with E-state index in [9.17, 15) is 13.2 Å². The van der Waals surface area contributed by atoms with Crippen LogP contribution in [0.2, 0.25) is 0 Å². The molecule has 2 heterocycles. The van der Waals surface area contributed by atoms with Gasteiger partial charge in [0, 0.05) is 24.2 Å². The van der Waals surface area contributed by atoms with Gasteiger partial charge in [-0.05, 0) is 24.6 Å². The van der Waals surface area contributed by atoms with Crippen LogP contribution in [0.4, 0.5) is 5.69 Å². The average Bonchev–Trinajstić information content (AvgIpc) is 2.83. The molecule has 2 aromatic rings. The Hall–Kier alpha value is -1.60. The number of hydrogen-bond donors (Lipinski definition) is 1. The van der Waals surface area contributed by atoms with E-state index >= 15 is 0 Å². The summed E-state index contributed by atoms with van der Waals surface area (Å²) in [5.74, 6) is 0. The second-order valence-corrected chi connectivity index (χ2v) is 7.12. The van der Waals surface area contributed by atoms with E-state index in [0.29, 0.717) is 5.69 Å². The van der Waals surface area contributed by atoms with Gasteiger partial charge in [0.2, 0.25) is 5.56 Å². The highest BCUT2D eigenvalue weighted by molar-refractivity contribution is 7.94. The van der Waals surface area contributed by atoms with E-state index in [-0.39, 0.29) is 9.77 Å². The molecule has 0 saturated heterocycles. The van der Waals surface area contributed by atoms with Crippen LogP contribution >= 0.6 is 11.3 Å². The highest BCUT2D eigenvalue weighted by Gasteiger charge is 2.16. The van der Waals surface area contributed by atoms with Crippen LogP contribution in [-0.2, 0) is 23.5 Å². The smallest absolute Gasteiger partial charge is 0.271 e. The molecular formula is C12H14N2O3S2. The molecule has 0 atom stereocenters. The van der Waals surface area contributed by atoms with E-state index < -0.39 is 10.0 Å². The van der Waals surface area contributed by atoms with Crippen LogP contribution in [0.15, 0.2) is 39.5 Å². The zero-order valence-corrected chi connectivity index (χ0v) is 12.2. The highest BCUT2D eigenvalue weighted by Crippen LogP contribution is 2.23. The number of hydrogen-bond acceptors (Lipinski definition) is 4. The van der Waals surface area contributed by atoms with Gasteiger partial charge in [-0.2, -0.15) is 0 Å². The third kappa shape index (κ3) is 3.05. The SMILES string of the molecule is CCc1ccc(S(=O)(=O)Nc2ccc(=O)n(C)c2)s1. The van der Waals surface area contributed by atoms with Crippen molar-refractivity contribution in [1.29, 1.82) is 0 Å². The lowest BCUT2D eigenvalue weighted by Crippen LogP contribution is -2.17. The Morgan fingerprint density at radius 1 is 1.26 bits per heavy atom. The summed E-state index contributed by atoms with van der Waals surface area (Å²) in [6, 6.07) is 6.17. The molecule has 0 unspecified atom stereocenters. The molecule has 7 heteroatoms. The zero-order chi connectivity index (χ0) is 14.0. The molecule has 0 radical (unpaired) electrons. The Morgan fingerprint density at radius 2 is 2.00 bits per heavy atom. The minimum Gasteiger partial charge on any atom is -0.316 e. The average molecular weight is 298 g/mol. The molecule has 2 rings (SSSR count). The molecule has 0 bridgehead atoms. The first-order chi connectivity index (χ1) is 8.92. The molecule has 0 aromatic carbocycles. The lowest BCUT2D eigenvalue weighted by Gasteiger charge is -2.07. The molecule has 0 amide bonds. The molecular weight excluding hydrogens is 284 g/mol. The number of nitrogens with one attached hydrogen (secondary N) is 1. The topological polar surface area (TPSA) is 68.2 Å². The molecule has 1 N–H and O–H groups in total. The van der Waals surface area contributed by atoms with E-state index in [1.165, 1.54) is 34.2 Å². The fraction of sp³-hybridized carbons (Fsp3) is 0.250. The van der Waals surface area contributed by atoms with Crippen LogP contribution in [0, 0.1) is 0 Å². The van der Waals surface area contributed by atoms with Gasteiger partial charge >= 0.3 is 0 Å². The molecule has 0 aliphatic carbocycles. The van der Waals surface area contributed by atoms with Crippen LogP contribution in [0.25, 0.3) is 0 Å². The lowest BCUT2D eigenvalue weighted by atomic mass is 10.4. The van der Waals surface area contributed by atoms with Gasteiger partial charge in [0.1, 0.15) is 4.21 Å². The van der Waals surface area contributed by atoms with Crippen molar-refractivity contribution >= 4 is 27.0 Å². The van der Waals surface area contributed by atoms with E-state index in [2.05, 4.69) is 4.72 Å². The molecule has 19 heavy (non-hydrogen) atoms. The Balaban J connectivity index is 2.30.